The fraction of sp³-hybridized carbons (Fsp3) is 0.520. The van der Waals surface area contributed by atoms with Gasteiger partial charge in [0.1, 0.15) is 11.5 Å². The second-order valence-electron chi connectivity index (χ2n) is 10.6. The molecule has 0 saturated heterocycles. The topological polar surface area (TPSA) is 63.6 Å². The molecular formula is C25H29BrO4. The van der Waals surface area contributed by atoms with Crippen LogP contribution in [0.2, 0.25) is 0 Å². The largest absolute Gasteiger partial charge is 0.512 e. The molecule has 1 N–H and O–H groups in total. The molecular weight excluding hydrogens is 444 g/mol. The Balaban J connectivity index is 2.01. The molecule has 0 aromatic heterocycles. The highest BCUT2D eigenvalue weighted by Gasteiger charge is 2.46. The first-order valence-corrected chi connectivity index (χ1v) is 11.4. The summed E-state index contributed by atoms with van der Waals surface area (Å²) in [5, 5.41) is 10.8. The van der Waals surface area contributed by atoms with Crippen molar-refractivity contribution < 1.29 is 19.4 Å². The Labute approximate surface area is 186 Å². The highest BCUT2D eigenvalue weighted by atomic mass is 79.9. The maximum atomic E-state index is 13.3. The quantitative estimate of drug-likeness (QED) is 0.511. The molecule has 0 bridgehead atoms. The second-order valence-corrected chi connectivity index (χ2v) is 11.4. The zero-order valence-corrected chi connectivity index (χ0v) is 19.9. The van der Waals surface area contributed by atoms with Crippen molar-refractivity contribution in [3.63, 3.8) is 0 Å². The number of rotatable bonds is 1. The Morgan fingerprint density at radius 3 is 2.40 bits per heavy atom. The first-order chi connectivity index (χ1) is 13.9. The number of carbonyl (C=O) groups is 2. The Bertz CT molecular complexity index is 1020. The van der Waals surface area contributed by atoms with Gasteiger partial charge < -0.3 is 9.84 Å². The van der Waals surface area contributed by atoms with Crippen molar-refractivity contribution in [1.29, 1.82) is 0 Å². The van der Waals surface area contributed by atoms with Gasteiger partial charge in [0.15, 0.2) is 11.6 Å². The SMILES string of the molecule is CC1(C)CC(=O)C2=C(C1)Oc1c(Br)cc(C(C)(C)C)cc1C2C1=C(O)CCCC1=O. The van der Waals surface area contributed by atoms with Gasteiger partial charge in [0.2, 0.25) is 0 Å². The molecule has 0 fully saturated rings. The number of halogens is 1. The van der Waals surface area contributed by atoms with E-state index in [0.717, 1.165) is 15.6 Å². The van der Waals surface area contributed by atoms with Crippen LogP contribution in [0.5, 0.6) is 5.75 Å². The number of hydrogen-bond donors (Lipinski definition) is 1. The minimum atomic E-state index is -0.571. The summed E-state index contributed by atoms with van der Waals surface area (Å²) in [6.45, 7) is 10.5. The zero-order valence-electron chi connectivity index (χ0n) is 18.3. The average molecular weight is 473 g/mol. The molecule has 4 nitrogen and oxygen atoms in total. The van der Waals surface area contributed by atoms with Crippen LogP contribution in [-0.4, -0.2) is 16.7 Å². The lowest BCUT2D eigenvalue weighted by atomic mass is 9.68. The summed E-state index contributed by atoms with van der Waals surface area (Å²) in [6.07, 6.45) is 2.54. The van der Waals surface area contributed by atoms with Gasteiger partial charge in [0.05, 0.1) is 16.1 Å². The maximum absolute atomic E-state index is 13.3. The number of Topliss-reactive ketones (excluding diaryl/α,β-unsaturated/α-hetero) is 2. The molecule has 1 aliphatic heterocycles. The van der Waals surface area contributed by atoms with Gasteiger partial charge in [-0.15, -0.1) is 0 Å². The van der Waals surface area contributed by atoms with Crippen molar-refractivity contribution in [2.75, 3.05) is 0 Å². The normalized spacial score (nSPS) is 23.9. The predicted molar refractivity (Wildman–Crippen MR) is 120 cm³/mol. The number of aliphatic hydroxyl groups is 1. The summed E-state index contributed by atoms with van der Waals surface area (Å²) in [7, 11) is 0. The van der Waals surface area contributed by atoms with E-state index in [1.807, 2.05) is 12.1 Å². The van der Waals surface area contributed by atoms with E-state index in [2.05, 4.69) is 50.5 Å². The van der Waals surface area contributed by atoms with Crippen molar-refractivity contribution in [1.82, 2.24) is 0 Å². The van der Waals surface area contributed by atoms with Gasteiger partial charge in [-0.25, -0.2) is 0 Å². The molecule has 1 aromatic carbocycles. The summed E-state index contributed by atoms with van der Waals surface area (Å²) in [5.74, 6) is 0.767. The molecule has 0 saturated carbocycles. The fourth-order valence-electron chi connectivity index (χ4n) is 4.81. The molecule has 160 valence electrons. The molecule has 2 aliphatic carbocycles. The van der Waals surface area contributed by atoms with Crippen molar-refractivity contribution in [2.24, 2.45) is 5.41 Å². The fourth-order valence-corrected chi connectivity index (χ4v) is 5.37. The molecule has 3 aliphatic rings. The van der Waals surface area contributed by atoms with Crippen LogP contribution in [0.3, 0.4) is 0 Å². The summed E-state index contributed by atoms with van der Waals surface area (Å²) in [6, 6.07) is 4.10. The molecule has 4 rings (SSSR count). The van der Waals surface area contributed by atoms with E-state index in [4.69, 9.17) is 4.74 Å². The van der Waals surface area contributed by atoms with E-state index in [1.54, 1.807) is 0 Å². The number of ketones is 2. The van der Waals surface area contributed by atoms with Gasteiger partial charge in [-0.2, -0.15) is 0 Å². The minimum Gasteiger partial charge on any atom is -0.512 e. The van der Waals surface area contributed by atoms with E-state index in [-0.39, 0.29) is 28.2 Å². The van der Waals surface area contributed by atoms with Gasteiger partial charge in [-0.1, -0.05) is 40.7 Å². The highest BCUT2D eigenvalue weighted by Crippen LogP contribution is 2.54. The third-order valence-electron chi connectivity index (χ3n) is 6.36. The summed E-state index contributed by atoms with van der Waals surface area (Å²) in [4.78, 5) is 26.3. The summed E-state index contributed by atoms with van der Waals surface area (Å²) < 4.78 is 7.13. The van der Waals surface area contributed by atoms with Crippen molar-refractivity contribution in [3.05, 3.63) is 50.4 Å². The first kappa shape index (κ1) is 21.4. The molecule has 1 aromatic rings. The van der Waals surface area contributed by atoms with Crippen LogP contribution in [0.1, 0.15) is 83.8 Å². The highest BCUT2D eigenvalue weighted by molar-refractivity contribution is 9.10. The van der Waals surface area contributed by atoms with E-state index in [9.17, 15) is 14.7 Å². The van der Waals surface area contributed by atoms with Gasteiger partial charge in [-0.3, -0.25) is 9.59 Å². The number of fused-ring (bicyclic) bond motifs is 1. The van der Waals surface area contributed by atoms with E-state index in [0.29, 0.717) is 54.8 Å². The molecule has 1 heterocycles. The third-order valence-corrected chi connectivity index (χ3v) is 6.95. The smallest absolute Gasteiger partial charge is 0.163 e. The molecule has 5 heteroatoms. The number of allylic oxidation sites excluding steroid dienone is 4. The Morgan fingerprint density at radius 1 is 1.07 bits per heavy atom. The number of hydrogen-bond acceptors (Lipinski definition) is 4. The molecule has 1 unspecified atom stereocenters. The molecule has 0 amide bonds. The van der Waals surface area contributed by atoms with Crippen LogP contribution < -0.4 is 4.74 Å². The lowest BCUT2D eigenvalue weighted by Gasteiger charge is -2.40. The monoisotopic (exact) mass is 472 g/mol. The molecule has 0 radical (unpaired) electrons. The lowest BCUT2D eigenvalue weighted by Crippen LogP contribution is -2.35. The third kappa shape index (κ3) is 3.55. The van der Waals surface area contributed by atoms with Crippen molar-refractivity contribution in [3.8, 4) is 5.75 Å². The van der Waals surface area contributed by atoms with Crippen LogP contribution in [-0.2, 0) is 15.0 Å². The Hall–Kier alpha value is -1.88. The first-order valence-electron chi connectivity index (χ1n) is 10.6. The van der Waals surface area contributed by atoms with Crippen LogP contribution in [0, 0.1) is 5.41 Å². The van der Waals surface area contributed by atoms with Crippen molar-refractivity contribution >= 4 is 27.5 Å². The van der Waals surface area contributed by atoms with E-state index in [1.165, 1.54) is 0 Å². The van der Waals surface area contributed by atoms with Gasteiger partial charge in [0.25, 0.3) is 0 Å². The molecule has 1 atom stereocenters. The van der Waals surface area contributed by atoms with Gasteiger partial charge in [0, 0.05) is 42.4 Å². The number of benzene rings is 1. The number of ether oxygens (including phenoxy) is 1. The van der Waals surface area contributed by atoms with Crippen LogP contribution >= 0.6 is 15.9 Å². The lowest BCUT2D eigenvalue weighted by molar-refractivity contribution is -0.118. The predicted octanol–water partition coefficient (Wildman–Crippen LogP) is 6.43. The van der Waals surface area contributed by atoms with Gasteiger partial charge in [-0.05, 0) is 44.8 Å². The van der Waals surface area contributed by atoms with E-state index >= 15 is 0 Å². The second kappa shape index (κ2) is 7.08. The number of aliphatic hydroxyl groups excluding tert-OH is 1. The van der Waals surface area contributed by atoms with Crippen LogP contribution in [0.25, 0.3) is 0 Å². The Kier molecular flexibility index (Phi) is 5.04. The Morgan fingerprint density at radius 2 is 1.77 bits per heavy atom. The average Bonchev–Trinajstić information content (AvgIpc) is 2.59. The number of carbonyl (C=O) groups excluding carboxylic acids is 2. The van der Waals surface area contributed by atoms with Crippen molar-refractivity contribution in [2.45, 2.75) is 78.1 Å². The minimum absolute atomic E-state index is 0.00728. The zero-order chi connectivity index (χ0) is 22.0. The molecule has 0 spiro atoms. The maximum Gasteiger partial charge on any atom is 0.163 e. The van der Waals surface area contributed by atoms with Gasteiger partial charge >= 0.3 is 0 Å². The molecule has 30 heavy (non-hydrogen) atoms. The van der Waals surface area contributed by atoms with Crippen LogP contribution in [0.15, 0.2) is 39.3 Å². The summed E-state index contributed by atoms with van der Waals surface area (Å²) >= 11 is 3.67. The standard InChI is InChI=1S/C25H29BrO4/c1-24(2,3)13-9-14-20(21-16(27)7-6-8-17(21)28)22-18(29)11-25(4,5)12-19(22)30-23(14)15(26)10-13/h9-10,20,27H,6-8,11-12H2,1-5H3. The van der Waals surface area contributed by atoms with Crippen LogP contribution in [0.4, 0.5) is 0 Å². The van der Waals surface area contributed by atoms with E-state index < -0.39 is 5.92 Å². The summed E-state index contributed by atoms with van der Waals surface area (Å²) in [5.41, 5.74) is 2.47.